The lowest BCUT2D eigenvalue weighted by Crippen LogP contribution is -1.95. The smallest absolute Gasteiger partial charge is 0.307 e. The lowest BCUT2D eigenvalue weighted by molar-refractivity contribution is 1.08. The van der Waals surface area contributed by atoms with Gasteiger partial charge < -0.3 is 4.40 Å². The van der Waals surface area contributed by atoms with Crippen molar-refractivity contribution in [2.75, 3.05) is 0 Å². The van der Waals surface area contributed by atoms with Crippen molar-refractivity contribution >= 4 is 17.0 Å². The molecule has 1 aromatic rings. The van der Waals surface area contributed by atoms with Gasteiger partial charge in [-0.25, -0.2) is 4.98 Å². The molecule has 1 aromatic heterocycles. The number of pyridine rings is 1. The van der Waals surface area contributed by atoms with E-state index in [2.05, 4.69) is 9.97 Å². The number of thiazole rings is 1. The third-order valence-electron chi connectivity index (χ3n) is 1.96. The summed E-state index contributed by atoms with van der Waals surface area (Å²) in [5.41, 5.74) is 0.797. The molecule has 4 nitrogen and oxygen atoms in total. The molecule has 3 heterocycles. The summed E-state index contributed by atoms with van der Waals surface area (Å²) in [5, 5.41) is 0. The maximum Gasteiger partial charge on any atom is 0.329 e. The maximum absolute atomic E-state index is 11.0. The highest BCUT2D eigenvalue weighted by Crippen LogP contribution is 2.19. The summed E-state index contributed by atoms with van der Waals surface area (Å²) in [6.07, 6.45) is 3.77. The lowest BCUT2D eigenvalue weighted by Gasteiger charge is -2.01. The zero-order valence-electron chi connectivity index (χ0n) is 7.04. The van der Waals surface area contributed by atoms with E-state index >= 15 is 0 Å². The van der Waals surface area contributed by atoms with Gasteiger partial charge in [0, 0.05) is 12.4 Å². The van der Waals surface area contributed by atoms with Gasteiger partial charge >= 0.3 is 4.87 Å². The molecule has 0 amide bonds. The Kier molecular flexibility index (Phi) is 1.43. The van der Waals surface area contributed by atoms with Crippen molar-refractivity contribution in [3.8, 4) is 10.7 Å². The van der Waals surface area contributed by atoms with Gasteiger partial charge in [0.15, 0.2) is 5.82 Å². The van der Waals surface area contributed by atoms with Gasteiger partial charge in [-0.15, -0.1) is 0 Å². The molecule has 0 saturated carbocycles. The second kappa shape index (κ2) is 2.62. The quantitative estimate of drug-likeness (QED) is 0.552. The molecule has 0 fully saturated rings. The summed E-state index contributed by atoms with van der Waals surface area (Å²) in [6, 6.07) is 5.70. The van der Waals surface area contributed by atoms with Crippen molar-refractivity contribution in [2.45, 2.75) is 0 Å². The van der Waals surface area contributed by atoms with Gasteiger partial charge in [0.2, 0.25) is 0 Å². The predicted molar refractivity (Wildman–Crippen MR) is 53.8 cm³/mol. The Hall–Kier alpha value is -1.75. The fourth-order valence-corrected chi connectivity index (χ4v) is 2.02. The van der Waals surface area contributed by atoms with Crippen LogP contribution in [0.2, 0.25) is 0 Å². The highest BCUT2D eigenvalue weighted by Gasteiger charge is 2.10. The maximum atomic E-state index is 11.0. The van der Waals surface area contributed by atoms with Crippen LogP contribution in [0.5, 0.6) is 0 Å². The number of nitrogens with zero attached hydrogens (tertiary/aromatic N) is 3. The molecule has 0 bridgehead atoms. The first kappa shape index (κ1) is 7.64. The van der Waals surface area contributed by atoms with Crippen molar-refractivity contribution in [2.24, 2.45) is 0 Å². The van der Waals surface area contributed by atoms with E-state index in [0.717, 1.165) is 21.9 Å². The second-order valence-corrected chi connectivity index (χ2v) is 3.87. The summed E-state index contributed by atoms with van der Waals surface area (Å²) >= 11 is 1.12. The minimum atomic E-state index is -0.191. The first-order valence-corrected chi connectivity index (χ1v) is 4.89. The fraction of sp³-hybridized carbons (Fsp3) is 0. The van der Waals surface area contributed by atoms with Crippen molar-refractivity contribution in [3.05, 3.63) is 40.3 Å². The number of aromatic nitrogens is 3. The molecule has 68 valence electrons. The van der Waals surface area contributed by atoms with Crippen LogP contribution in [0, 0.1) is 0 Å². The van der Waals surface area contributed by atoms with Crippen LogP contribution >= 0.6 is 11.3 Å². The van der Waals surface area contributed by atoms with Crippen LogP contribution in [0.3, 0.4) is 0 Å². The van der Waals surface area contributed by atoms with Gasteiger partial charge in [0.05, 0.1) is 4.88 Å². The largest absolute Gasteiger partial charge is 0.329 e. The molecule has 5 heteroatoms. The van der Waals surface area contributed by atoms with Gasteiger partial charge in [-0.2, -0.15) is 4.98 Å². The van der Waals surface area contributed by atoms with Crippen molar-refractivity contribution < 1.29 is 0 Å². The first-order valence-electron chi connectivity index (χ1n) is 4.07. The Balaban J connectivity index is 2.53. The first-order chi connectivity index (χ1) is 6.83. The van der Waals surface area contributed by atoms with E-state index in [0.29, 0.717) is 5.82 Å². The van der Waals surface area contributed by atoms with E-state index in [1.165, 1.54) is 0 Å². The molecule has 2 aliphatic rings. The van der Waals surface area contributed by atoms with Crippen LogP contribution in [-0.2, 0) is 0 Å². The number of rotatable bonds is 0. The molecule has 0 radical (unpaired) electrons. The molecule has 0 spiro atoms. The average molecular weight is 203 g/mol. The topological polar surface area (TPSA) is 47.3 Å². The van der Waals surface area contributed by atoms with Gasteiger partial charge in [-0.1, -0.05) is 17.4 Å². The molecule has 0 N–H and O–H groups in total. The van der Waals surface area contributed by atoms with E-state index in [9.17, 15) is 4.79 Å². The fourth-order valence-electron chi connectivity index (χ4n) is 1.35. The van der Waals surface area contributed by atoms with Gasteiger partial charge in [-0.3, -0.25) is 4.79 Å². The molecule has 0 saturated heterocycles. The monoisotopic (exact) mass is 203 g/mol. The third kappa shape index (κ3) is 1.03. The van der Waals surface area contributed by atoms with Crippen molar-refractivity contribution in [1.82, 2.24) is 14.4 Å². The van der Waals surface area contributed by atoms with Crippen LogP contribution < -0.4 is 4.87 Å². The summed E-state index contributed by atoms with van der Waals surface area (Å²) in [5.74, 6) is 0.534. The average Bonchev–Trinajstić information content (AvgIpc) is 2.53. The molecule has 0 unspecified atom stereocenters. The van der Waals surface area contributed by atoms with Crippen LogP contribution in [0.15, 0.2) is 35.4 Å². The van der Waals surface area contributed by atoms with E-state index in [1.54, 1.807) is 0 Å². The standard InChI is InChI=1S/C9H5N3OS/c13-9-11-8-6(14-9)5-12-4-2-1-3-7(12)10-8/h1-5H. The lowest BCUT2D eigenvalue weighted by atomic mass is 10.4. The molecule has 0 atom stereocenters. The van der Waals surface area contributed by atoms with Crippen LogP contribution in [0.4, 0.5) is 0 Å². The molecule has 14 heavy (non-hydrogen) atoms. The van der Waals surface area contributed by atoms with Crippen molar-refractivity contribution in [3.63, 3.8) is 0 Å². The van der Waals surface area contributed by atoms with E-state index in [1.807, 2.05) is 35.0 Å². The Morgan fingerprint density at radius 3 is 3.14 bits per heavy atom. The van der Waals surface area contributed by atoms with Crippen molar-refractivity contribution in [1.29, 1.82) is 0 Å². The Labute approximate surface area is 82.8 Å². The summed E-state index contributed by atoms with van der Waals surface area (Å²) in [7, 11) is 0. The summed E-state index contributed by atoms with van der Waals surface area (Å²) in [6.45, 7) is 0. The molecule has 0 aliphatic carbocycles. The van der Waals surface area contributed by atoms with Gasteiger partial charge in [-0.05, 0) is 12.1 Å². The number of hydrogen-bond donors (Lipinski definition) is 0. The van der Waals surface area contributed by atoms with E-state index in [-0.39, 0.29) is 4.87 Å². The Bertz CT molecular complexity index is 575. The third-order valence-corrected chi connectivity index (χ3v) is 2.73. The zero-order chi connectivity index (χ0) is 9.54. The minimum absolute atomic E-state index is 0.191. The molecule has 3 rings (SSSR count). The number of fused-ring (bicyclic) bond motifs is 2. The highest BCUT2D eigenvalue weighted by atomic mass is 32.1. The second-order valence-electron chi connectivity index (χ2n) is 2.87. The van der Waals surface area contributed by atoms with Crippen LogP contribution in [-0.4, -0.2) is 14.4 Å². The Morgan fingerprint density at radius 2 is 2.21 bits per heavy atom. The summed E-state index contributed by atoms with van der Waals surface area (Å²) < 4.78 is 1.87. The normalized spacial score (nSPS) is 11.1. The molecular weight excluding hydrogens is 198 g/mol. The van der Waals surface area contributed by atoms with Crippen LogP contribution in [0.1, 0.15) is 0 Å². The van der Waals surface area contributed by atoms with Gasteiger partial charge in [0.25, 0.3) is 0 Å². The molecule has 0 aromatic carbocycles. The Morgan fingerprint density at radius 1 is 1.29 bits per heavy atom. The molecular formula is C9H5N3OS. The van der Waals surface area contributed by atoms with E-state index in [4.69, 9.17) is 0 Å². The SMILES string of the molecule is O=c1nc2nc3ccccn3cc-2s1. The highest BCUT2D eigenvalue weighted by molar-refractivity contribution is 7.12. The minimum Gasteiger partial charge on any atom is -0.307 e. The predicted octanol–water partition coefficient (Wildman–Crippen LogP) is 1.26. The zero-order valence-corrected chi connectivity index (χ0v) is 7.86. The summed E-state index contributed by atoms with van der Waals surface area (Å²) in [4.78, 5) is 19.7. The van der Waals surface area contributed by atoms with Gasteiger partial charge in [0.1, 0.15) is 5.65 Å². The molecule has 2 aliphatic heterocycles. The number of hydrogen-bond acceptors (Lipinski definition) is 4. The van der Waals surface area contributed by atoms with E-state index < -0.39 is 0 Å². The van der Waals surface area contributed by atoms with Crippen LogP contribution in [0.25, 0.3) is 16.3 Å².